The first-order chi connectivity index (χ1) is 9.16. The van der Waals surface area contributed by atoms with Crippen molar-refractivity contribution in [2.24, 2.45) is 0 Å². The van der Waals surface area contributed by atoms with Crippen molar-refractivity contribution in [1.82, 2.24) is 10.2 Å². The fourth-order valence-corrected chi connectivity index (χ4v) is 2.84. The Labute approximate surface area is 113 Å². The number of nitrogens with one attached hydrogen (secondary N) is 1. The molecule has 1 saturated carbocycles. The first kappa shape index (κ1) is 14.1. The topological polar surface area (TPSA) is 78.9 Å². The molecule has 0 aromatic rings. The minimum Gasteiger partial charge on any atom is -0.480 e. The number of hydrogen-bond acceptors (Lipinski definition) is 3. The molecule has 2 amide bonds. The van der Waals surface area contributed by atoms with Crippen molar-refractivity contribution in [1.29, 1.82) is 0 Å². The van der Waals surface area contributed by atoms with Crippen molar-refractivity contribution in [2.75, 3.05) is 19.7 Å². The minimum atomic E-state index is -0.959. The first-order valence-electron chi connectivity index (χ1n) is 7.04. The maximum atomic E-state index is 12.1. The SMILES string of the molecule is O=C(O)CN(C(=O)NCC1CCCO1)C1CCCC1. The Morgan fingerprint density at radius 3 is 2.53 bits per heavy atom. The molecule has 108 valence electrons. The van der Waals surface area contributed by atoms with Gasteiger partial charge in [-0.05, 0) is 25.7 Å². The van der Waals surface area contributed by atoms with E-state index in [1.165, 1.54) is 4.90 Å². The summed E-state index contributed by atoms with van der Waals surface area (Å²) in [6.45, 7) is 1.01. The molecule has 1 saturated heterocycles. The summed E-state index contributed by atoms with van der Waals surface area (Å²) in [4.78, 5) is 24.5. The molecule has 0 aromatic heterocycles. The van der Waals surface area contributed by atoms with Gasteiger partial charge in [-0.1, -0.05) is 12.8 Å². The van der Waals surface area contributed by atoms with E-state index in [1.807, 2.05) is 0 Å². The summed E-state index contributed by atoms with van der Waals surface area (Å²) in [5.41, 5.74) is 0. The van der Waals surface area contributed by atoms with Crippen LogP contribution < -0.4 is 5.32 Å². The number of ether oxygens (including phenoxy) is 1. The number of nitrogens with zero attached hydrogens (tertiary/aromatic N) is 1. The van der Waals surface area contributed by atoms with Crippen molar-refractivity contribution >= 4 is 12.0 Å². The van der Waals surface area contributed by atoms with Crippen molar-refractivity contribution < 1.29 is 19.4 Å². The molecule has 1 atom stereocenters. The van der Waals surface area contributed by atoms with Crippen molar-refractivity contribution in [3.63, 3.8) is 0 Å². The predicted octanol–water partition coefficient (Wildman–Crippen LogP) is 1.20. The van der Waals surface area contributed by atoms with Gasteiger partial charge in [0, 0.05) is 19.2 Å². The fraction of sp³-hybridized carbons (Fsp3) is 0.846. The van der Waals surface area contributed by atoms with Crippen LogP contribution >= 0.6 is 0 Å². The van der Waals surface area contributed by atoms with Crippen molar-refractivity contribution in [3.05, 3.63) is 0 Å². The number of amides is 2. The average molecular weight is 270 g/mol. The summed E-state index contributed by atoms with van der Waals surface area (Å²) in [6.07, 6.45) is 6.02. The number of carboxylic acids is 1. The molecule has 0 aromatic carbocycles. The van der Waals surface area contributed by atoms with Crippen molar-refractivity contribution in [2.45, 2.75) is 50.7 Å². The second-order valence-corrected chi connectivity index (χ2v) is 5.28. The second-order valence-electron chi connectivity index (χ2n) is 5.28. The zero-order valence-corrected chi connectivity index (χ0v) is 11.1. The molecular formula is C13H22N2O4. The zero-order valence-electron chi connectivity index (χ0n) is 11.1. The smallest absolute Gasteiger partial charge is 0.323 e. The van der Waals surface area contributed by atoms with E-state index in [0.717, 1.165) is 45.1 Å². The van der Waals surface area contributed by atoms with Gasteiger partial charge >= 0.3 is 12.0 Å². The summed E-state index contributed by atoms with van der Waals surface area (Å²) < 4.78 is 5.44. The van der Waals surface area contributed by atoms with Crippen LogP contribution in [0.5, 0.6) is 0 Å². The Balaban J connectivity index is 1.84. The molecule has 19 heavy (non-hydrogen) atoms. The largest absolute Gasteiger partial charge is 0.480 e. The van der Waals surface area contributed by atoms with Gasteiger partial charge in [0.2, 0.25) is 0 Å². The highest BCUT2D eigenvalue weighted by Crippen LogP contribution is 2.23. The van der Waals surface area contributed by atoms with Gasteiger partial charge in [0.1, 0.15) is 6.54 Å². The molecular weight excluding hydrogens is 248 g/mol. The number of rotatable bonds is 5. The quantitative estimate of drug-likeness (QED) is 0.787. The number of hydrogen-bond donors (Lipinski definition) is 2. The molecule has 0 spiro atoms. The maximum Gasteiger partial charge on any atom is 0.323 e. The zero-order chi connectivity index (χ0) is 13.7. The van der Waals surface area contributed by atoms with Crippen LogP contribution in [-0.4, -0.2) is 53.8 Å². The van der Waals surface area contributed by atoms with Gasteiger partial charge < -0.3 is 20.1 Å². The summed E-state index contributed by atoms with van der Waals surface area (Å²) >= 11 is 0. The Hall–Kier alpha value is -1.30. The van der Waals surface area contributed by atoms with Crippen LogP contribution in [0.2, 0.25) is 0 Å². The number of carbonyl (C=O) groups is 2. The van der Waals surface area contributed by atoms with E-state index >= 15 is 0 Å². The summed E-state index contributed by atoms with van der Waals surface area (Å²) in [7, 11) is 0. The molecule has 2 aliphatic rings. The van der Waals surface area contributed by atoms with Crippen LogP contribution in [0.25, 0.3) is 0 Å². The van der Waals surface area contributed by atoms with E-state index in [4.69, 9.17) is 9.84 Å². The lowest BCUT2D eigenvalue weighted by Gasteiger charge is -2.28. The van der Waals surface area contributed by atoms with Crippen molar-refractivity contribution in [3.8, 4) is 0 Å². The fourth-order valence-electron chi connectivity index (χ4n) is 2.84. The van der Waals surface area contributed by atoms with Crippen LogP contribution in [-0.2, 0) is 9.53 Å². The van der Waals surface area contributed by atoms with Gasteiger partial charge in [0.15, 0.2) is 0 Å². The van der Waals surface area contributed by atoms with E-state index in [-0.39, 0.29) is 24.7 Å². The lowest BCUT2D eigenvalue weighted by molar-refractivity contribution is -0.138. The third-order valence-electron chi connectivity index (χ3n) is 3.84. The third kappa shape index (κ3) is 4.09. The van der Waals surface area contributed by atoms with Gasteiger partial charge in [-0.3, -0.25) is 4.79 Å². The van der Waals surface area contributed by atoms with Crippen LogP contribution in [0.4, 0.5) is 4.79 Å². The summed E-state index contributed by atoms with van der Waals surface area (Å²) in [6, 6.07) is -0.203. The summed E-state index contributed by atoms with van der Waals surface area (Å²) in [5.74, 6) is -0.959. The van der Waals surface area contributed by atoms with Gasteiger partial charge in [-0.2, -0.15) is 0 Å². The highest BCUT2D eigenvalue weighted by molar-refractivity contribution is 5.80. The van der Waals surface area contributed by atoms with Gasteiger partial charge in [-0.15, -0.1) is 0 Å². The molecule has 0 radical (unpaired) electrons. The highest BCUT2D eigenvalue weighted by atomic mass is 16.5. The van der Waals surface area contributed by atoms with E-state index < -0.39 is 5.97 Å². The van der Waals surface area contributed by atoms with Gasteiger partial charge in [-0.25, -0.2) is 4.79 Å². The number of aliphatic carboxylic acids is 1. The molecule has 1 unspecified atom stereocenters. The normalized spacial score (nSPS) is 23.5. The van der Waals surface area contributed by atoms with Crippen LogP contribution in [0.15, 0.2) is 0 Å². The molecule has 1 aliphatic heterocycles. The maximum absolute atomic E-state index is 12.1. The summed E-state index contributed by atoms with van der Waals surface area (Å²) in [5, 5.41) is 11.7. The lowest BCUT2D eigenvalue weighted by atomic mass is 10.2. The second kappa shape index (κ2) is 6.75. The van der Waals surface area contributed by atoms with E-state index in [1.54, 1.807) is 0 Å². The molecule has 1 heterocycles. The molecule has 0 bridgehead atoms. The van der Waals surface area contributed by atoms with Gasteiger partial charge in [0.05, 0.1) is 6.10 Å². The molecule has 1 aliphatic carbocycles. The Morgan fingerprint density at radius 1 is 1.21 bits per heavy atom. The van der Waals surface area contributed by atoms with Crippen LogP contribution in [0, 0.1) is 0 Å². The average Bonchev–Trinajstić information content (AvgIpc) is 3.05. The molecule has 2 rings (SSSR count). The Morgan fingerprint density at radius 2 is 1.95 bits per heavy atom. The lowest BCUT2D eigenvalue weighted by Crippen LogP contribution is -2.49. The van der Waals surface area contributed by atoms with Crippen LogP contribution in [0.3, 0.4) is 0 Å². The number of carboxylic acid groups (broad SMARTS) is 1. The molecule has 2 N–H and O–H groups in total. The van der Waals surface area contributed by atoms with Gasteiger partial charge in [0.25, 0.3) is 0 Å². The minimum absolute atomic E-state index is 0.0700. The van der Waals surface area contributed by atoms with E-state index in [9.17, 15) is 9.59 Å². The Bertz CT molecular complexity index is 323. The monoisotopic (exact) mass is 270 g/mol. The van der Waals surface area contributed by atoms with E-state index in [2.05, 4.69) is 5.32 Å². The first-order valence-corrected chi connectivity index (χ1v) is 7.04. The highest BCUT2D eigenvalue weighted by Gasteiger charge is 2.28. The molecule has 6 heteroatoms. The predicted molar refractivity (Wildman–Crippen MR) is 69.0 cm³/mol. The molecule has 2 fully saturated rings. The number of urea groups is 1. The Kier molecular flexibility index (Phi) is 5.01. The molecule has 6 nitrogen and oxygen atoms in total. The number of carbonyl (C=O) groups excluding carboxylic acids is 1. The standard InChI is InChI=1S/C13H22N2O4/c16-12(17)9-15(10-4-1-2-5-10)13(18)14-8-11-6-3-7-19-11/h10-11H,1-9H2,(H,14,18)(H,16,17). The van der Waals surface area contributed by atoms with E-state index in [0.29, 0.717) is 6.54 Å². The van der Waals surface area contributed by atoms with Crippen LogP contribution in [0.1, 0.15) is 38.5 Å². The third-order valence-corrected chi connectivity index (χ3v) is 3.84.